The van der Waals surface area contributed by atoms with E-state index in [0.717, 1.165) is 17.5 Å². The highest BCUT2D eigenvalue weighted by atomic mass is 16.5. The second-order valence-electron chi connectivity index (χ2n) is 8.63. The summed E-state index contributed by atoms with van der Waals surface area (Å²) in [6.07, 6.45) is 6.14. The van der Waals surface area contributed by atoms with E-state index in [1.165, 1.54) is 31.7 Å². The van der Waals surface area contributed by atoms with Crippen molar-refractivity contribution in [2.75, 3.05) is 17.2 Å². The highest BCUT2D eigenvalue weighted by molar-refractivity contribution is 6.37. The number of rotatable bonds is 8. The van der Waals surface area contributed by atoms with Crippen LogP contribution in [0.15, 0.2) is 30.3 Å². The lowest BCUT2D eigenvalue weighted by Crippen LogP contribution is -2.25. The van der Waals surface area contributed by atoms with Crippen molar-refractivity contribution < 1.29 is 29.0 Å². The van der Waals surface area contributed by atoms with Gasteiger partial charge in [-0.3, -0.25) is 9.59 Å². The number of hydrogen-bond acceptors (Lipinski definition) is 6. The van der Waals surface area contributed by atoms with Crippen LogP contribution in [0.2, 0.25) is 0 Å². The van der Waals surface area contributed by atoms with E-state index in [2.05, 4.69) is 10.6 Å². The molecule has 0 bridgehead atoms. The van der Waals surface area contributed by atoms with Gasteiger partial charge < -0.3 is 25.2 Å². The van der Waals surface area contributed by atoms with Gasteiger partial charge in [0.05, 0.1) is 12.3 Å². The van der Waals surface area contributed by atoms with Crippen molar-refractivity contribution in [1.82, 2.24) is 0 Å². The molecule has 2 amide bonds. The topological polar surface area (TPSA) is 114 Å². The molecule has 2 aromatic rings. The molecule has 0 unspecified atom stereocenters. The molecule has 1 aliphatic rings. The normalized spacial score (nSPS) is 13.4. The number of esters is 1. The number of carbonyl (C=O) groups excluding carboxylic acids is 3. The first-order valence-corrected chi connectivity index (χ1v) is 11.7. The van der Waals surface area contributed by atoms with Gasteiger partial charge in [-0.2, -0.15) is 0 Å². The molecule has 8 nitrogen and oxygen atoms in total. The van der Waals surface area contributed by atoms with Gasteiger partial charge >= 0.3 is 11.9 Å². The zero-order chi connectivity index (χ0) is 24.7. The van der Waals surface area contributed by atoms with E-state index >= 15 is 0 Å². The third kappa shape index (κ3) is 6.73. The molecule has 1 saturated carbocycles. The fourth-order valence-corrected chi connectivity index (χ4v) is 4.21. The largest absolute Gasteiger partial charge is 0.506 e. The number of aryl methyl sites for hydroxylation is 2. The van der Waals surface area contributed by atoms with Gasteiger partial charge in [0.1, 0.15) is 17.2 Å². The summed E-state index contributed by atoms with van der Waals surface area (Å²) < 4.78 is 10.7. The Morgan fingerprint density at radius 3 is 2.35 bits per heavy atom. The monoisotopic (exact) mass is 468 g/mol. The molecule has 3 N–H and O–H groups in total. The van der Waals surface area contributed by atoms with E-state index in [-0.39, 0.29) is 18.3 Å². The zero-order valence-corrected chi connectivity index (χ0v) is 19.9. The van der Waals surface area contributed by atoms with Gasteiger partial charge in [0.2, 0.25) is 5.91 Å². The van der Waals surface area contributed by atoms with Gasteiger partial charge in [0.15, 0.2) is 0 Å². The first-order chi connectivity index (χ1) is 16.3. The standard InChI is InChI=1S/C26H32N2O6/c1-4-33-26(32)25(31)27-19-13-16(2)24(17(3)14-19)34-20-10-11-22(29)21(15-20)28-23(30)12-9-18-7-5-6-8-18/h10-11,13-15,18,29H,4-9,12H2,1-3H3,(H,27,31)(H,28,30). The third-order valence-electron chi connectivity index (χ3n) is 5.90. The van der Waals surface area contributed by atoms with Gasteiger partial charge in [0.25, 0.3) is 0 Å². The molecular formula is C26H32N2O6. The van der Waals surface area contributed by atoms with Gasteiger partial charge in [-0.15, -0.1) is 0 Å². The van der Waals surface area contributed by atoms with Crippen LogP contribution in [0.3, 0.4) is 0 Å². The van der Waals surface area contributed by atoms with Crippen molar-refractivity contribution in [2.45, 2.75) is 59.3 Å². The molecule has 182 valence electrons. The number of phenols is 1. The molecule has 0 aliphatic heterocycles. The molecule has 34 heavy (non-hydrogen) atoms. The second kappa shape index (κ2) is 11.5. The third-order valence-corrected chi connectivity index (χ3v) is 5.90. The molecule has 2 aromatic carbocycles. The molecule has 0 spiro atoms. The van der Waals surface area contributed by atoms with Crippen LogP contribution in [0.1, 0.15) is 56.6 Å². The van der Waals surface area contributed by atoms with Crippen molar-refractivity contribution in [3.8, 4) is 17.2 Å². The van der Waals surface area contributed by atoms with Crippen molar-refractivity contribution in [2.24, 2.45) is 5.92 Å². The Labute approximate surface area is 199 Å². The van der Waals surface area contributed by atoms with Crippen LogP contribution in [0, 0.1) is 19.8 Å². The molecular weight excluding hydrogens is 436 g/mol. The summed E-state index contributed by atoms with van der Waals surface area (Å²) in [5.74, 6) is -0.330. The number of carbonyl (C=O) groups is 3. The summed E-state index contributed by atoms with van der Waals surface area (Å²) >= 11 is 0. The predicted octanol–water partition coefficient (Wildman–Crippen LogP) is 5.21. The lowest BCUT2D eigenvalue weighted by atomic mass is 10.0. The molecule has 0 saturated heterocycles. The van der Waals surface area contributed by atoms with E-state index in [0.29, 0.717) is 35.2 Å². The minimum atomic E-state index is -0.944. The Kier molecular flexibility index (Phi) is 8.51. The zero-order valence-electron chi connectivity index (χ0n) is 19.9. The highest BCUT2D eigenvalue weighted by Crippen LogP contribution is 2.35. The maximum atomic E-state index is 12.4. The van der Waals surface area contributed by atoms with Gasteiger partial charge in [-0.05, 0) is 68.5 Å². The van der Waals surface area contributed by atoms with Gasteiger partial charge in [-0.1, -0.05) is 25.7 Å². The van der Waals surface area contributed by atoms with Crippen LogP contribution in [0.5, 0.6) is 17.2 Å². The van der Waals surface area contributed by atoms with Crippen LogP contribution in [-0.2, 0) is 19.1 Å². The lowest BCUT2D eigenvalue weighted by molar-refractivity contribution is -0.152. The Bertz CT molecular complexity index is 1040. The molecule has 0 atom stereocenters. The summed E-state index contributed by atoms with van der Waals surface area (Å²) in [6.45, 7) is 5.37. The number of benzene rings is 2. The molecule has 3 rings (SSSR count). The summed E-state index contributed by atoms with van der Waals surface area (Å²) in [6, 6.07) is 8.04. The maximum Gasteiger partial charge on any atom is 0.397 e. The average molecular weight is 469 g/mol. The van der Waals surface area contributed by atoms with Crippen molar-refractivity contribution in [1.29, 1.82) is 0 Å². The average Bonchev–Trinajstić information content (AvgIpc) is 3.31. The maximum absolute atomic E-state index is 12.4. The Morgan fingerprint density at radius 2 is 1.71 bits per heavy atom. The van der Waals surface area contributed by atoms with Crippen molar-refractivity contribution >= 4 is 29.2 Å². The first-order valence-electron chi connectivity index (χ1n) is 11.7. The van der Waals surface area contributed by atoms with E-state index in [1.54, 1.807) is 31.2 Å². The van der Waals surface area contributed by atoms with Crippen molar-refractivity contribution in [3.63, 3.8) is 0 Å². The van der Waals surface area contributed by atoms with Crippen LogP contribution in [0.25, 0.3) is 0 Å². The molecule has 1 aliphatic carbocycles. The number of anilines is 2. The predicted molar refractivity (Wildman–Crippen MR) is 129 cm³/mol. The molecule has 0 radical (unpaired) electrons. The fraction of sp³-hybridized carbons (Fsp3) is 0.423. The number of ether oxygens (including phenoxy) is 2. The number of hydrogen-bond donors (Lipinski definition) is 3. The smallest absolute Gasteiger partial charge is 0.397 e. The summed E-state index contributed by atoms with van der Waals surface area (Å²) in [7, 11) is 0. The number of amides is 2. The quantitative estimate of drug-likeness (QED) is 0.278. The van der Waals surface area contributed by atoms with Crippen LogP contribution in [-0.4, -0.2) is 29.5 Å². The summed E-state index contributed by atoms with van der Waals surface area (Å²) in [4.78, 5) is 35.8. The van der Waals surface area contributed by atoms with Gasteiger partial charge in [-0.25, -0.2) is 4.79 Å². The summed E-state index contributed by atoms with van der Waals surface area (Å²) in [5, 5.41) is 15.5. The van der Waals surface area contributed by atoms with E-state index in [1.807, 2.05) is 13.8 Å². The highest BCUT2D eigenvalue weighted by Gasteiger charge is 2.18. The second-order valence-corrected chi connectivity index (χ2v) is 8.63. The molecule has 1 fully saturated rings. The van der Waals surface area contributed by atoms with E-state index < -0.39 is 11.9 Å². The number of aromatic hydroxyl groups is 1. The Morgan fingerprint density at radius 1 is 1.03 bits per heavy atom. The van der Waals surface area contributed by atoms with Gasteiger partial charge in [0, 0.05) is 18.2 Å². The number of nitrogens with one attached hydrogen (secondary N) is 2. The van der Waals surface area contributed by atoms with Crippen LogP contribution >= 0.6 is 0 Å². The Hall–Kier alpha value is -3.55. The molecule has 0 aromatic heterocycles. The lowest BCUT2D eigenvalue weighted by Gasteiger charge is -2.16. The SMILES string of the molecule is CCOC(=O)C(=O)Nc1cc(C)c(Oc2ccc(O)c(NC(=O)CCC3CCCC3)c2)c(C)c1. The molecule has 8 heteroatoms. The van der Waals surface area contributed by atoms with E-state index in [4.69, 9.17) is 9.47 Å². The van der Waals surface area contributed by atoms with Crippen molar-refractivity contribution in [3.05, 3.63) is 41.5 Å². The van der Waals surface area contributed by atoms with E-state index in [9.17, 15) is 19.5 Å². The number of phenolic OH excluding ortho intramolecular Hbond substituents is 1. The minimum Gasteiger partial charge on any atom is -0.506 e. The van der Waals surface area contributed by atoms with Crippen LogP contribution in [0.4, 0.5) is 11.4 Å². The van der Waals surface area contributed by atoms with Crippen LogP contribution < -0.4 is 15.4 Å². The first kappa shape index (κ1) is 25.1. The fourth-order valence-electron chi connectivity index (χ4n) is 4.21. The Balaban J connectivity index is 1.67. The minimum absolute atomic E-state index is 0.0352. The molecule has 0 heterocycles. The summed E-state index contributed by atoms with van der Waals surface area (Å²) in [5.41, 5.74) is 2.20.